The van der Waals surface area contributed by atoms with Crippen LogP contribution in [0.4, 0.5) is 0 Å². The van der Waals surface area contributed by atoms with Crippen molar-refractivity contribution in [2.75, 3.05) is 12.3 Å². The predicted molar refractivity (Wildman–Crippen MR) is 74.5 cm³/mol. The van der Waals surface area contributed by atoms with Crippen molar-refractivity contribution in [2.24, 2.45) is 0 Å². The fourth-order valence-electron chi connectivity index (χ4n) is 2.11. The van der Waals surface area contributed by atoms with Gasteiger partial charge in [-0.3, -0.25) is 4.79 Å². The molecule has 1 saturated heterocycles. The second kappa shape index (κ2) is 6.30. The Morgan fingerprint density at radius 1 is 1.42 bits per heavy atom. The third-order valence-corrected chi connectivity index (χ3v) is 4.55. The molecule has 2 rings (SSSR count). The molecule has 1 aliphatic rings. The van der Waals surface area contributed by atoms with E-state index in [2.05, 4.69) is 0 Å². The van der Waals surface area contributed by atoms with Gasteiger partial charge in [0.2, 0.25) is 5.91 Å². The summed E-state index contributed by atoms with van der Waals surface area (Å²) in [4.78, 5) is 25.4. The average Bonchev–Trinajstić information content (AvgIpc) is 2.87. The maximum Gasteiger partial charge on any atom is 0.326 e. The number of carbonyl (C=O) groups is 2. The molecule has 1 aromatic carbocycles. The van der Waals surface area contributed by atoms with Crippen molar-refractivity contribution in [3.05, 3.63) is 29.3 Å². The summed E-state index contributed by atoms with van der Waals surface area (Å²) in [5.74, 6) is -0.850. The summed E-state index contributed by atoms with van der Waals surface area (Å²) in [6.07, 6.45) is 1.29. The van der Waals surface area contributed by atoms with Gasteiger partial charge in [0.1, 0.15) is 6.04 Å². The van der Waals surface area contributed by atoms with Crippen LogP contribution >= 0.6 is 23.4 Å². The van der Waals surface area contributed by atoms with Gasteiger partial charge in [-0.2, -0.15) is 0 Å². The zero-order valence-electron chi connectivity index (χ0n) is 10.2. The van der Waals surface area contributed by atoms with Crippen molar-refractivity contribution in [1.29, 1.82) is 0 Å². The minimum absolute atomic E-state index is 0.144. The molecule has 0 spiro atoms. The van der Waals surface area contributed by atoms with E-state index in [1.165, 1.54) is 16.7 Å². The number of halogens is 1. The molecule has 102 valence electrons. The summed E-state index contributed by atoms with van der Waals surface area (Å²) in [7, 11) is 0. The van der Waals surface area contributed by atoms with Gasteiger partial charge in [0.25, 0.3) is 0 Å². The highest BCUT2D eigenvalue weighted by Gasteiger charge is 2.33. The molecule has 19 heavy (non-hydrogen) atoms. The van der Waals surface area contributed by atoms with Crippen molar-refractivity contribution >= 4 is 35.2 Å². The average molecular weight is 300 g/mol. The standard InChI is InChI=1S/C13H14ClNO3S/c14-9-4-1-2-6-11(9)19-8-12(16)15-7-3-5-10(15)13(17)18/h1-2,4,6,10H,3,5,7-8H2,(H,17,18). The lowest BCUT2D eigenvalue weighted by Gasteiger charge is -2.21. The van der Waals surface area contributed by atoms with E-state index in [1.807, 2.05) is 18.2 Å². The maximum atomic E-state index is 12.0. The summed E-state index contributed by atoms with van der Waals surface area (Å²) in [5, 5.41) is 9.65. The molecule has 1 aromatic rings. The van der Waals surface area contributed by atoms with Gasteiger partial charge in [-0.25, -0.2) is 4.79 Å². The van der Waals surface area contributed by atoms with E-state index in [9.17, 15) is 9.59 Å². The normalized spacial score (nSPS) is 18.6. The van der Waals surface area contributed by atoms with Gasteiger partial charge in [-0.1, -0.05) is 23.7 Å². The molecule has 6 heteroatoms. The quantitative estimate of drug-likeness (QED) is 0.868. The molecule has 0 bridgehead atoms. The summed E-state index contributed by atoms with van der Waals surface area (Å²) in [6.45, 7) is 0.527. The lowest BCUT2D eigenvalue weighted by Crippen LogP contribution is -2.41. The summed E-state index contributed by atoms with van der Waals surface area (Å²) in [6, 6.07) is 6.63. The monoisotopic (exact) mass is 299 g/mol. The van der Waals surface area contributed by atoms with E-state index in [-0.39, 0.29) is 11.7 Å². The highest BCUT2D eigenvalue weighted by Crippen LogP contribution is 2.27. The molecule has 1 heterocycles. The molecule has 1 atom stereocenters. The number of hydrogen-bond acceptors (Lipinski definition) is 3. The Kier molecular flexibility index (Phi) is 4.71. The third kappa shape index (κ3) is 3.42. The molecule has 1 unspecified atom stereocenters. The first-order valence-corrected chi connectivity index (χ1v) is 7.35. The first kappa shape index (κ1) is 14.2. The highest BCUT2D eigenvalue weighted by atomic mass is 35.5. The highest BCUT2D eigenvalue weighted by molar-refractivity contribution is 8.00. The predicted octanol–water partition coefficient (Wildman–Crippen LogP) is 2.51. The number of carboxylic acids is 1. The number of hydrogen-bond donors (Lipinski definition) is 1. The van der Waals surface area contributed by atoms with Crippen LogP contribution in [0.2, 0.25) is 5.02 Å². The van der Waals surface area contributed by atoms with Gasteiger partial charge in [0.15, 0.2) is 0 Å². The number of rotatable bonds is 4. The van der Waals surface area contributed by atoms with Crippen LogP contribution < -0.4 is 0 Å². The van der Waals surface area contributed by atoms with Crippen LogP contribution in [0.5, 0.6) is 0 Å². The molecule has 4 nitrogen and oxygen atoms in total. The number of nitrogens with zero attached hydrogens (tertiary/aromatic N) is 1. The van der Waals surface area contributed by atoms with Crippen LogP contribution in [-0.2, 0) is 9.59 Å². The SMILES string of the molecule is O=C(O)C1CCCN1C(=O)CSc1ccccc1Cl. The molecule has 0 aliphatic carbocycles. The Bertz CT molecular complexity index is 495. The van der Waals surface area contributed by atoms with Gasteiger partial charge in [-0.15, -0.1) is 11.8 Å². The topological polar surface area (TPSA) is 57.6 Å². The van der Waals surface area contributed by atoms with E-state index < -0.39 is 12.0 Å². The van der Waals surface area contributed by atoms with E-state index in [1.54, 1.807) is 6.07 Å². The second-order valence-corrected chi connectivity index (χ2v) is 5.73. The van der Waals surface area contributed by atoms with Crippen molar-refractivity contribution in [3.8, 4) is 0 Å². The first-order valence-electron chi connectivity index (χ1n) is 5.99. The lowest BCUT2D eigenvalue weighted by atomic mass is 10.2. The fourth-order valence-corrected chi connectivity index (χ4v) is 3.23. The Morgan fingerprint density at radius 3 is 2.84 bits per heavy atom. The molecule has 1 amide bonds. The van der Waals surface area contributed by atoms with Gasteiger partial charge < -0.3 is 10.0 Å². The molecule has 0 aromatic heterocycles. The van der Waals surface area contributed by atoms with Crippen LogP contribution in [0.1, 0.15) is 12.8 Å². The lowest BCUT2D eigenvalue weighted by molar-refractivity contribution is -0.147. The largest absolute Gasteiger partial charge is 0.480 e. The molecule has 1 aliphatic heterocycles. The Balaban J connectivity index is 1.95. The number of amides is 1. The number of aliphatic carboxylic acids is 1. The van der Waals surface area contributed by atoms with E-state index >= 15 is 0 Å². The second-order valence-electron chi connectivity index (χ2n) is 4.30. The molecular formula is C13H14ClNO3S. The number of carboxylic acid groups (broad SMARTS) is 1. The minimum Gasteiger partial charge on any atom is -0.480 e. The van der Waals surface area contributed by atoms with Crippen LogP contribution in [0, 0.1) is 0 Å². The Hall–Kier alpha value is -1.20. The van der Waals surface area contributed by atoms with Crippen LogP contribution in [0.15, 0.2) is 29.2 Å². The molecule has 1 fully saturated rings. The van der Waals surface area contributed by atoms with Gasteiger partial charge in [0, 0.05) is 11.4 Å². The zero-order chi connectivity index (χ0) is 13.8. The van der Waals surface area contributed by atoms with Crippen molar-refractivity contribution < 1.29 is 14.7 Å². The van der Waals surface area contributed by atoms with E-state index in [0.29, 0.717) is 18.0 Å². The maximum absolute atomic E-state index is 12.0. The van der Waals surface area contributed by atoms with E-state index in [0.717, 1.165) is 11.3 Å². The molecule has 0 radical (unpaired) electrons. The smallest absolute Gasteiger partial charge is 0.326 e. The first-order chi connectivity index (χ1) is 9.09. The molecule has 1 N–H and O–H groups in total. The number of carbonyl (C=O) groups excluding carboxylic acids is 1. The van der Waals surface area contributed by atoms with Gasteiger partial charge >= 0.3 is 5.97 Å². The zero-order valence-corrected chi connectivity index (χ0v) is 11.8. The van der Waals surface area contributed by atoms with Crippen LogP contribution in [-0.4, -0.2) is 40.2 Å². The number of thioether (sulfide) groups is 1. The van der Waals surface area contributed by atoms with Crippen molar-refractivity contribution in [2.45, 2.75) is 23.8 Å². The van der Waals surface area contributed by atoms with Crippen LogP contribution in [0.3, 0.4) is 0 Å². The Morgan fingerprint density at radius 2 is 2.16 bits per heavy atom. The fraction of sp³-hybridized carbons (Fsp3) is 0.385. The summed E-state index contributed by atoms with van der Waals surface area (Å²) in [5.41, 5.74) is 0. The van der Waals surface area contributed by atoms with Crippen molar-refractivity contribution in [3.63, 3.8) is 0 Å². The molecule has 0 saturated carbocycles. The van der Waals surface area contributed by atoms with E-state index in [4.69, 9.17) is 16.7 Å². The molecular weight excluding hydrogens is 286 g/mol. The Labute approximate surface area is 120 Å². The van der Waals surface area contributed by atoms with Crippen molar-refractivity contribution in [1.82, 2.24) is 4.90 Å². The number of benzene rings is 1. The number of likely N-dealkylation sites (tertiary alicyclic amines) is 1. The third-order valence-electron chi connectivity index (χ3n) is 3.05. The minimum atomic E-state index is -0.923. The van der Waals surface area contributed by atoms with Gasteiger partial charge in [0.05, 0.1) is 10.8 Å². The summed E-state index contributed by atoms with van der Waals surface area (Å²) >= 11 is 7.35. The van der Waals surface area contributed by atoms with Gasteiger partial charge in [-0.05, 0) is 25.0 Å². The van der Waals surface area contributed by atoms with Crippen LogP contribution in [0.25, 0.3) is 0 Å². The summed E-state index contributed by atoms with van der Waals surface area (Å²) < 4.78 is 0.